The Hall–Kier alpha value is -0.960. The van der Waals surface area contributed by atoms with E-state index in [0.29, 0.717) is 21.9 Å². The number of hydrogen-bond acceptors (Lipinski definition) is 2. The number of ketones is 1. The van der Waals surface area contributed by atoms with E-state index < -0.39 is 0 Å². The number of aldehydes is 1. The minimum Gasteiger partial charge on any atom is -0.298 e. The fourth-order valence-corrected chi connectivity index (χ4v) is 1.79. The number of hydrogen-bond donors (Lipinski definition) is 0. The maximum Gasteiger partial charge on any atom is 0.161 e. The van der Waals surface area contributed by atoms with Crippen LogP contribution in [-0.2, 0) is 0 Å². The van der Waals surface area contributed by atoms with Crippen LogP contribution in [0.25, 0.3) is 0 Å². The van der Waals surface area contributed by atoms with Gasteiger partial charge in [-0.2, -0.15) is 0 Å². The number of aryl methyl sites for hydroxylation is 1. The highest BCUT2D eigenvalue weighted by Crippen LogP contribution is 2.24. The van der Waals surface area contributed by atoms with Gasteiger partial charge < -0.3 is 0 Å². The summed E-state index contributed by atoms with van der Waals surface area (Å²) in [5, 5.41) is 0. The average Bonchev–Trinajstić information content (AvgIpc) is 2.08. The molecule has 1 aromatic rings. The summed E-state index contributed by atoms with van der Waals surface area (Å²) in [4.78, 5) is 21.8. The van der Waals surface area contributed by atoms with Crippen LogP contribution < -0.4 is 0 Å². The van der Waals surface area contributed by atoms with E-state index in [1.165, 1.54) is 6.92 Å². The molecule has 0 bridgehead atoms. The standard InChI is InChI=1S/C10H9BrO2/c1-6-3-4-8(5-12)9(7(2)13)10(6)11/h3-5H,1-2H3. The van der Waals surface area contributed by atoms with Crippen LogP contribution in [0.5, 0.6) is 0 Å². The van der Waals surface area contributed by atoms with E-state index >= 15 is 0 Å². The Balaban J connectivity index is 3.50. The van der Waals surface area contributed by atoms with Crippen molar-refractivity contribution < 1.29 is 9.59 Å². The van der Waals surface area contributed by atoms with Crippen LogP contribution in [0.4, 0.5) is 0 Å². The first-order chi connectivity index (χ1) is 6.07. The van der Waals surface area contributed by atoms with Gasteiger partial charge >= 0.3 is 0 Å². The molecule has 0 amide bonds. The van der Waals surface area contributed by atoms with Gasteiger partial charge in [0.1, 0.15) is 0 Å². The second-order valence-electron chi connectivity index (χ2n) is 2.83. The summed E-state index contributed by atoms with van der Waals surface area (Å²) in [6.07, 6.45) is 0.695. The summed E-state index contributed by atoms with van der Waals surface area (Å²) in [5.41, 5.74) is 1.86. The predicted octanol–water partition coefficient (Wildman–Crippen LogP) is 2.77. The van der Waals surface area contributed by atoms with Crippen LogP contribution in [0.1, 0.15) is 33.2 Å². The summed E-state index contributed by atoms with van der Waals surface area (Å²) in [7, 11) is 0. The van der Waals surface area contributed by atoms with Crippen molar-refractivity contribution in [3.05, 3.63) is 33.3 Å². The van der Waals surface area contributed by atoms with Crippen molar-refractivity contribution in [3.8, 4) is 0 Å². The van der Waals surface area contributed by atoms with Crippen LogP contribution in [0.3, 0.4) is 0 Å². The Morgan fingerprint density at radius 3 is 2.54 bits per heavy atom. The molecule has 0 heterocycles. The molecule has 1 rings (SSSR count). The van der Waals surface area contributed by atoms with Crippen LogP contribution in [0, 0.1) is 6.92 Å². The Morgan fingerprint density at radius 2 is 2.08 bits per heavy atom. The molecule has 68 valence electrons. The van der Waals surface area contributed by atoms with Gasteiger partial charge in [-0.15, -0.1) is 0 Å². The highest BCUT2D eigenvalue weighted by molar-refractivity contribution is 9.10. The largest absolute Gasteiger partial charge is 0.298 e. The molecular formula is C10H9BrO2. The first kappa shape index (κ1) is 10.1. The summed E-state index contributed by atoms with van der Waals surface area (Å²) >= 11 is 3.29. The molecular weight excluding hydrogens is 232 g/mol. The van der Waals surface area contributed by atoms with Gasteiger partial charge in [0.25, 0.3) is 0 Å². The smallest absolute Gasteiger partial charge is 0.161 e. The maximum absolute atomic E-state index is 11.2. The molecule has 0 atom stereocenters. The molecule has 0 aliphatic heterocycles. The molecule has 0 radical (unpaired) electrons. The molecule has 0 N–H and O–H groups in total. The first-order valence-electron chi connectivity index (χ1n) is 3.83. The van der Waals surface area contributed by atoms with Crippen molar-refractivity contribution in [1.82, 2.24) is 0 Å². The fraction of sp³-hybridized carbons (Fsp3) is 0.200. The lowest BCUT2D eigenvalue weighted by molar-refractivity contribution is 0.100. The number of carbonyl (C=O) groups is 2. The fourth-order valence-electron chi connectivity index (χ4n) is 1.15. The van der Waals surface area contributed by atoms with E-state index in [-0.39, 0.29) is 5.78 Å². The first-order valence-corrected chi connectivity index (χ1v) is 4.62. The third-order valence-corrected chi connectivity index (χ3v) is 2.87. The number of halogens is 1. The van der Waals surface area contributed by atoms with Crippen molar-refractivity contribution >= 4 is 28.0 Å². The second kappa shape index (κ2) is 3.83. The minimum absolute atomic E-state index is 0.0994. The van der Waals surface area contributed by atoms with Gasteiger partial charge in [0.2, 0.25) is 0 Å². The maximum atomic E-state index is 11.2. The molecule has 0 saturated carbocycles. The molecule has 0 aromatic heterocycles. The lowest BCUT2D eigenvalue weighted by Gasteiger charge is -2.06. The molecule has 0 unspecified atom stereocenters. The van der Waals surface area contributed by atoms with E-state index in [1.54, 1.807) is 12.1 Å². The Labute approximate surface area is 85.1 Å². The highest BCUT2D eigenvalue weighted by atomic mass is 79.9. The van der Waals surface area contributed by atoms with Crippen molar-refractivity contribution in [2.45, 2.75) is 13.8 Å². The number of rotatable bonds is 2. The topological polar surface area (TPSA) is 34.1 Å². The van der Waals surface area contributed by atoms with Crippen LogP contribution in [0.15, 0.2) is 16.6 Å². The second-order valence-corrected chi connectivity index (χ2v) is 3.63. The van der Waals surface area contributed by atoms with Gasteiger partial charge in [0, 0.05) is 15.6 Å². The Bertz CT molecular complexity index is 369. The van der Waals surface area contributed by atoms with E-state index in [1.807, 2.05) is 6.92 Å². The van der Waals surface area contributed by atoms with E-state index in [4.69, 9.17) is 0 Å². The van der Waals surface area contributed by atoms with E-state index in [2.05, 4.69) is 15.9 Å². The third-order valence-electron chi connectivity index (χ3n) is 1.85. The number of Topliss-reactive ketones (excluding diaryl/α,β-unsaturated/α-hetero) is 1. The van der Waals surface area contributed by atoms with Crippen LogP contribution in [0.2, 0.25) is 0 Å². The Kier molecular flexibility index (Phi) is 2.98. The van der Waals surface area contributed by atoms with Crippen LogP contribution >= 0.6 is 15.9 Å². The lowest BCUT2D eigenvalue weighted by atomic mass is 10.0. The zero-order valence-corrected chi connectivity index (χ0v) is 9.01. The summed E-state index contributed by atoms with van der Waals surface area (Å²) in [5.74, 6) is -0.0994. The van der Waals surface area contributed by atoms with Crippen molar-refractivity contribution in [1.29, 1.82) is 0 Å². The van der Waals surface area contributed by atoms with Crippen molar-refractivity contribution in [2.24, 2.45) is 0 Å². The summed E-state index contributed by atoms with van der Waals surface area (Å²) in [6, 6.07) is 3.46. The predicted molar refractivity (Wildman–Crippen MR) is 54.3 cm³/mol. The molecule has 0 saturated heterocycles. The van der Waals surface area contributed by atoms with Gasteiger partial charge in [0.15, 0.2) is 12.1 Å². The quantitative estimate of drug-likeness (QED) is 0.589. The van der Waals surface area contributed by atoms with Gasteiger partial charge in [-0.3, -0.25) is 9.59 Å². The number of benzene rings is 1. The summed E-state index contributed by atoms with van der Waals surface area (Å²) in [6.45, 7) is 3.33. The molecule has 0 spiro atoms. The molecule has 2 nitrogen and oxygen atoms in total. The SMILES string of the molecule is CC(=O)c1c(C=O)ccc(C)c1Br. The van der Waals surface area contributed by atoms with Gasteiger partial charge in [-0.05, 0) is 35.3 Å². The molecule has 1 aromatic carbocycles. The average molecular weight is 241 g/mol. The van der Waals surface area contributed by atoms with Gasteiger partial charge in [-0.25, -0.2) is 0 Å². The van der Waals surface area contributed by atoms with E-state index in [0.717, 1.165) is 5.56 Å². The minimum atomic E-state index is -0.0994. The zero-order chi connectivity index (χ0) is 10.0. The monoisotopic (exact) mass is 240 g/mol. The zero-order valence-electron chi connectivity index (χ0n) is 7.43. The third kappa shape index (κ3) is 1.86. The van der Waals surface area contributed by atoms with Crippen molar-refractivity contribution in [2.75, 3.05) is 0 Å². The molecule has 0 aliphatic rings. The Morgan fingerprint density at radius 1 is 1.46 bits per heavy atom. The molecule has 0 aliphatic carbocycles. The lowest BCUT2D eigenvalue weighted by Crippen LogP contribution is -2.01. The van der Waals surface area contributed by atoms with E-state index in [9.17, 15) is 9.59 Å². The van der Waals surface area contributed by atoms with Crippen LogP contribution in [-0.4, -0.2) is 12.1 Å². The molecule has 0 fully saturated rings. The highest BCUT2D eigenvalue weighted by Gasteiger charge is 2.12. The van der Waals surface area contributed by atoms with Gasteiger partial charge in [-0.1, -0.05) is 12.1 Å². The van der Waals surface area contributed by atoms with Gasteiger partial charge in [0.05, 0.1) is 0 Å². The number of carbonyl (C=O) groups excluding carboxylic acids is 2. The van der Waals surface area contributed by atoms with Crippen molar-refractivity contribution in [3.63, 3.8) is 0 Å². The molecule has 3 heteroatoms. The normalized spacial score (nSPS) is 9.77. The summed E-state index contributed by atoms with van der Waals surface area (Å²) < 4.78 is 0.713. The molecule has 13 heavy (non-hydrogen) atoms.